The predicted octanol–water partition coefficient (Wildman–Crippen LogP) is 1.09. The summed E-state index contributed by atoms with van der Waals surface area (Å²) in [5.74, 6) is 0. The molecule has 0 aliphatic heterocycles. The lowest BCUT2D eigenvalue weighted by Gasteiger charge is -2.16. The zero-order chi connectivity index (χ0) is 7.44. The molecule has 0 aliphatic rings. The van der Waals surface area contributed by atoms with Gasteiger partial charge in [-0.2, -0.15) is 0 Å². The summed E-state index contributed by atoms with van der Waals surface area (Å²) in [6.07, 6.45) is 0.425. The van der Waals surface area contributed by atoms with Gasteiger partial charge in [0.15, 0.2) is 0 Å². The fourth-order valence-electron chi connectivity index (χ4n) is 0.415. The van der Waals surface area contributed by atoms with E-state index in [0.29, 0.717) is 6.42 Å². The van der Waals surface area contributed by atoms with E-state index in [-0.39, 0.29) is 11.3 Å². The molecule has 0 aromatic carbocycles. The SMILES string of the molecule is CC(CC(=O)Cl)N(C)C. The van der Waals surface area contributed by atoms with Gasteiger partial charge in [0.2, 0.25) is 5.24 Å². The normalized spacial score (nSPS) is 13.9. The van der Waals surface area contributed by atoms with Crippen molar-refractivity contribution in [3.05, 3.63) is 0 Å². The van der Waals surface area contributed by atoms with Crippen LogP contribution < -0.4 is 0 Å². The summed E-state index contributed by atoms with van der Waals surface area (Å²) in [5.41, 5.74) is 0. The van der Waals surface area contributed by atoms with Crippen LogP contribution in [0.3, 0.4) is 0 Å². The van der Waals surface area contributed by atoms with E-state index in [1.54, 1.807) is 0 Å². The van der Waals surface area contributed by atoms with E-state index in [1.165, 1.54) is 0 Å². The Balaban J connectivity index is 3.50. The fourth-order valence-corrected chi connectivity index (χ4v) is 0.638. The van der Waals surface area contributed by atoms with Crippen LogP contribution in [-0.2, 0) is 4.79 Å². The highest BCUT2D eigenvalue weighted by molar-refractivity contribution is 6.63. The van der Waals surface area contributed by atoms with Crippen molar-refractivity contribution in [2.45, 2.75) is 19.4 Å². The van der Waals surface area contributed by atoms with Gasteiger partial charge in [0.1, 0.15) is 0 Å². The van der Waals surface area contributed by atoms with Crippen LogP contribution in [0, 0.1) is 0 Å². The molecule has 0 N–H and O–H groups in total. The number of hydrogen-bond donors (Lipinski definition) is 0. The first-order valence-electron chi connectivity index (χ1n) is 2.88. The van der Waals surface area contributed by atoms with Crippen LogP contribution >= 0.6 is 11.6 Å². The van der Waals surface area contributed by atoms with Crippen LogP contribution in [-0.4, -0.2) is 30.3 Å². The quantitative estimate of drug-likeness (QED) is 0.560. The van der Waals surface area contributed by atoms with E-state index in [0.717, 1.165) is 0 Å². The van der Waals surface area contributed by atoms with Crippen LogP contribution in [0.5, 0.6) is 0 Å². The third-order valence-electron chi connectivity index (χ3n) is 1.34. The molecular formula is C6H12ClNO. The minimum Gasteiger partial charge on any atom is -0.306 e. The largest absolute Gasteiger partial charge is 0.306 e. The molecule has 0 aliphatic carbocycles. The molecular weight excluding hydrogens is 138 g/mol. The smallest absolute Gasteiger partial charge is 0.223 e. The number of hydrogen-bond acceptors (Lipinski definition) is 2. The highest BCUT2D eigenvalue weighted by Gasteiger charge is 2.07. The molecule has 0 aromatic heterocycles. The van der Waals surface area contributed by atoms with E-state index >= 15 is 0 Å². The fraction of sp³-hybridized carbons (Fsp3) is 0.833. The molecule has 0 spiro atoms. The Labute approximate surface area is 60.8 Å². The van der Waals surface area contributed by atoms with Crippen molar-refractivity contribution in [2.24, 2.45) is 0 Å². The Bertz CT molecular complexity index is 103. The molecule has 0 heterocycles. The second-order valence-corrected chi connectivity index (χ2v) is 2.79. The van der Waals surface area contributed by atoms with Gasteiger partial charge in [-0.1, -0.05) is 0 Å². The zero-order valence-electron chi connectivity index (χ0n) is 6.02. The topological polar surface area (TPSA) is 20.3 Å². The first kappa shape index (κ1) is 8.92. The molecule has 1 atom stereocenters. The number of rotatable bonds is 3. The maximum atomic E-state index is 10.3. The maximum absolute atomic E-state index is 10.3. The van der Waals surface area contributed by atoms with Crippen molar-refractivity contribution < 1.29 is 4.79 Å². The van der Waals surface area contributed by atoms with Crippen molar-refractivity contribution in [2.75, 3.05) is 14.1 Å². The van der Waals surface area contributed by atoms with Gasteiger partial charge in [-0.15, -0.1) is 0 Å². The van der Waals surface area contributed by atoms with Crippen LogP contribution in [0.4, 0.5) is 0 Å². The van der Waals surface area contributed by atoms with Crippen LogP contribution in [0.2, 0.25) is 0 Å². The zero-order valence-corrected chi connectivity index (χ0v) is 6.77. The molecule has 0 bridgehead atoms. The molecule has 0 rings (SSSR count). The first-order valence-corrected chi connectivity index (χ1v) is 3.26. The predicted molar refractivity (Wildman–Crippen MR) is 38.6 cm³/mol. The van der Waals surface area contributed by atoms with Gasteiger partial charge < -0.3 is 4.90 Å². The van der Waals surface area contributed by atoms with Gasteiger partial charge in [-0.25, -0.2) is 0 Å². The van der Waals surface area contributed by atoms with Crippen LogP contribution in [0.25, 0.3) is 0 Å². The lowest BCUT2D eigenvalue weighted by Crippen LogP contribution is -2.25. The molecule has 0 saturated heterocycles. The molecule has 0 amide bonds. The summed E-state index contributed by atoms with van der Waals surface area (Å²) in [6, 6.07) is 0.245. The van der Waals surface area contributed by atoms with Gasteiger partial charge in [-0.05, 0) is 32.6 Å². The summed E-state index contributed by atoms with van der Waals surface area (Å²) >= 11 is 5.15. The van der Waals surface area contributed by atoms with Gasteiger partial charge >= 0.3 is 0 Å². The number of nitrogens with zero attached hydrogens (tertiary/aromatic N) is 1. The molecule has 0 radical (unpaired) electrons. The summed E-state index contributed by atoms with van der Waals surface area (Å²) < 4.78 is 0. The van der Waals surface area contributed by atoms with Crippen molar-refractivity contribution in [3.8, 4) is 0 Å². The molecule has 2 nitrogen and oxygen atoms in total. The highest BCUT2D eigenvalue weighted by Crippen LogP contribution is 2.00. The van der Waals surface area contributed by atoms with Crippen molar-refractivity contribution in [1.82, 2.24) is 4.90 Å². The first-order chi connectivity index (χ1) is 4.04. The molecule has 0 aromatic rings. The Morgan fingerprint density at radius 3 is 2.22 bits per heavy atom. The third-order valence-corrected chi connectivity index (χ3v) is 1.49. The summed E-state index contributed by atoms with van der Waals surface area (Å²) in [5, 5.41) is -0.267. The molecule has 0 saturated carbocycles. The summed E-state index contributed by atoms with van der Waals surface area (Å²) in [4.78, 5) is 12.3. The van der Waals surface area contributed by atoms with Gasteiger partial charge in [0.05, 0.1) is 0 Å². The minimum atomic E-state index is -0.267. The lowest BCUT2D eigenvalue weighted by molar-refractivity contribution is -0.112. The average molecular weight is 150 g/mol. The van der Waals surface area contributed by atoms with Crippen LogP contribution in [0.1, 0.15) is 13.3 Å². The second-order valence-electron chi connectivity index (χ2n) is 2.37. The van der Waals surface area contributed by atoms with E-state index in [2.05, 4.69) is 0 Å². The van der Waals surface area contributed by atoms with E-state index in [1.807, 2.05) is 25.9 Å². The Morgan fingerprint density at radius 2 is 2.11 bits per heavy atom. The third kappa shape index (κ3) is 4.43. The number of halogens is 1. The van der Waals surface area contributed by atoms with Crippen molar-refractivity contribution in [3.63, 3.8) is 0 Å². The Hall–Kier alpha value is -0.0800. The maximum Gasteiger partial charge on any atom is 0.223 e. The second kappa shape index (κ2) is 3.85. The van der Waals surface area contributed by atoms with E-state index in [4.69, 9.17) is 11.6 Å². The summed E-state index contributed by atoms with van der Waals surface area (Å²) in [7, 11) is 3.84. The number of carbonyl (C=O) groups excluding carboxylic acids is 1. The van der Waals surface area contributed by atoms with E-state index < -0.39 is 0 Å². The lowest BCUT2D eigenvalue weighted by atomic mass is 10.2. The monoisotopic (exact) mass is 149 g/mol. The van der Waals surface area contributed by atoms with Crippen molar-refractivity contribution in [1.29, 1.82) is 0 Å². The Morgan fingerprint density at radius 1 is 1.67 bits per heavy atom. The standard InChI is InChI=1S/C6H12ClNO/c1-5(8(2)3)4-6(7)9/h5H,4H2,1-3H3. The molecule has 9 heavy (non-hydrogen) atoms. The minimum absolute atomic E-state index is 0.245. The molecule has 0 fully saturated rings. The molecule has 54 valence electrons. The van der Waals surface area contributed by atoms with Crippen molar-refractivity contribution >= 4 is 16.8 Å². The molecule has 1 unspecified atom stereocenters. The van der Waals surface area contributed by atoms with Gasteiger partial charge in [0.25, 0.3) is 0 Å². The van der Waals surface area contributed by atoms with Crippen LogP contribution in [0.15, 0.2) is 0 Å². The number of carbonyl (C=O) groups is 1. The van der Waals surface area contributed by atoms with Gasteiger partial charge in [-0.3, -0.25) is 4.79 Å². The summed E-state index contributed by atoms with van der Waals surface area (Å²) in [6.45, 7) is 1.96. The Kier molecular flexibility index (Phi) is 3.82. The highest BCUT2D eigenvalue weighted by atomic mass is 35.5. The van der Waals surface area contributed by atoms with Gasteiger partial charge in [0, 0.05) is 12.5 Å². The average Bonchev–Trinajstić information content (AvgIpc) is 1.63. The van der Waals surface area contributed by atoms with E-state index in [9.17, 15) is 4.79 Å². The molecule has 3 heteroatoms.